The molecule has 0 heterocycles. The van der Waals surface area contributed by atoms with Crippen molar-refractivity contribution >= 4 is 11.4 Å². The van der Waals surface area contributed by atoms with Crippen LogP contribution in [0.4, 0.5) is 5.69 Å². The van der Waals surface area contributed by atoms with E-state index in [1.165, 1.54) is 11.1 Å². The van der Waals surface area contributed by atoms with E-state index in [9.17, 15) is 0 Å². The van der Waals surface area contributed by atoms with Crippen LogP contribution >= 0.6 is 0 Å². The van der Waals surface area contributed by atoms with Gasteiger partial charge in [0.1, 0.15) is 0 Å². The van der Waals surface area contributed by atoms with Gasteiger partial charge in [0.25, 0.3) is 0 Å². The molecule has 0 saturated carbocycles. The van der Waals surface area contributed by atoms with E-state index < -0.39 is 0 Å². The SMILES string of the molecule is C#C.C=C.C=C(Nc1cccc(C)c1)c1ccc(C(C)(C)C)cc1.CN(C)C. The maximum absolute atomic E-state index is 4.13. The van der Waals surface area contributed by atoms with Crippen LogP contribution in [0.5, 0.6) is 0 Å². The highest BCUT2D eigenvalue weighted by Crippen LogP contribution is 2.24. The van der Waals surface area contributed by atoms with Crippen LogP contribution in [-0.2, 0) is 5.41 Å². The molecule has 0 atom stereocenters. The number of aryl methyl sites for hydroxylation is 1. The lowest BCUT2D eigenvalue weighted by molar-refractivity contribution is 0.505. The van der Waals surface area contributed by atoms with Crippen molar-refractivity contribution in [3.63, 3.8) is 0 Å². The maximum atomic E-state index is 4.13. The Morgan fingerprint density at radius 3 is 1.79 bits per heavy atom. The van der Waals surface area contributed by atoms with Crippen molar-refractivity contribution < 1.29 is 0 Å². The molecule has 152 valence electrons. The number of nitrogens with zero attached hydrogens (tertiary/aromatic N) is 1. The van der Waals surface area contributed by atoms with Crippen molar-refractivity contribution in [3.8, 4) is 12.8 Å². The molecule has 0 unspecified atom stereocenters. The Hall–Kier alpha value is -2.76. The highest BCUT2D eigenvalue weighted by Gasteiger charge is 2.13. The Kier molecular flexibility index (Phi) is 14.0. The van der Waals surface area contributed by atoms with E-state index in [1.54, 1.807) is 0 Å². The first-order valence-electron chi connectivity index (χ1n) is 9.17. The summed E-state index contributed by atoms with van der Waals surface area (Å²) in [5, 5.41) is 3.36. The highest BCUT2D eigenvalue weighted by atomic mass is 15.0. The van der Waals surface area contributed by atoms with E-state index in [4.69, 9.17) is 0 Å². The number of hydrogen-bond donors (Lipinski definition) is 1. The molecule has 2 rings (SSSR count). The predicted octanol–water partition coefficient (Wildman–Crippen LogP) is 6.60. The second kappa shape index (κ2) is 14.3. The molecule has 1 N–H and O–H groups in total. The Labute approximate surface area is 174 Å². The Bertz CT molecular complexity index is 698. The molecule has 0 fully saturated rings. The Morgan fingerprint density at radius 2 is 1.39 bits per heavy atom. The molecule has 0 radical (unpaired) electrons. The molecule has 2 aromatic rings. The van der Waals surface area contributed by atoms with Gasteiger partial charge in [0, 0.05) is 11.4 Å². The van der Waals surface area contributed by atoms with Gasteiger partial charge in [-0.2, -0.15) is 0 Å². The van der Waals surface area contributed by atoms with E-state index in [0.717, 1.165) is 16.9 Å². The lowest BCUT2D eigenvalue weighted by Crippen LogP contribution is -2.10. The van der Waals surface area contributed by atoms with Crippen LogP contribution in [-0.4, -0.2) is 26.0 Å². The fourth-order valence-electron chi connectivity index (χ4n) is 2.14. The standard InChI is InChI=1S/C19H23N.C3H9N.C2H4.C2H2/c1-14-7-6-8-18(13-14)20-15(2)16-9-11-17(12-10-16)19(3,4)5;1-4(2)3;2*1-2/h6-13,20H,2H2,1,3-5H3;1-3H3;1-2H2;1-2H. The fourth-order valence-corrected chi connectivity index (χ4v) is 2.14. The summed E-state index contributed by atoms with van der Waals surface area (Å²) in [5.41, 5.74) is 5.89. The number of terminal acetylenes is 1. The zero-order valence-corrected chi connectivity index (χ0v) is 18.8. The monoisotopic (exact) mass is 378 g/mol. The molecule has 2 aromatic carbocycles. The zero-order chi connectivity index (χ0) is 22.3. The van der Waals surface area contributed by atoms with Crippen LogP contribution in [0, 0.1) is 19.8 Å². The molecule has 28 heavy (non-hydrogen) atoms. The number of rotatable bonds is 3. The van der Waals surface area contributed by atoms with E-state index in [0.29, 0.717) is 0 Å². The van der Waals surface area contributed by atoms with Crippen molar-refractivity contribution in [2.24, 2.45) is 0 Å². The normalized spacial score (nSPS) is 9.50. The summed E-state index contributed by atoms with van der Waals surface area (Å²) in [5.74, 6) is 0. The molecular weight excluding hydrogens is 340 g/mol. The topological polar surface area (TPSA) is 15.3 Å². The van der Waals surface area contributed by atoms with Crippen LogP contribution in [0.3, 0.4) is 0 Å². The average Bonchev–Trinajstić information content (AvgIpc) is 2.64. The summed E-state index contributed by atoms with van der Waals surface area (Å²) >= 11 is 0. The minimum atomic E-state index is 0.184. The Morgan fingerprint density at radius 1 is 0.929 bits per heavy atom. The van der Waals surface area contributed by atoms with E-state index >= 15 is 0 Å². The van der Waals surface area contributed by atoms with Crippen LogP contribution < -0.4 is 5.32 Å². The zero-order valence-electron chi connectivity index (χ0n) is 18.8. The second-order valence-corrected chi connectivity index (χ2v) is 7.64. The third-order valence-electron chi connectivity index (χ3n) is 3.41. The lowest BCUT2D eigenvalue weighted by atomic mass is 9.86. The molecule has 0 spiro atoms. The van der Waals surface area contributed by atoms with Gasteiger partial charge < -0.3 is 10.2 Å². The number of hydrogen-bond acceptors (Lipinski definition) is 2. The van der Waals surface area contributed by atoms with Gasteiger partial charge in [0.2, 0.25) is 0 Å². The van der Waals surface area contributed by atoms with E-state index in [2.05, 4.69) is 108 Å². The lowest BCUT2D eigenvalue weighted by Gasteiger charge is -2.19. The van der Waals surface area contributed by atoms with Gasteiger partial charge in [-0.3, -0.25) is 0 Å². The quantitative estimate of drug-likeness (QED) is 0.478. The number of anilines is 1. The fraction of sp³-hybridized carbons (Fsp3) is 0.308. The first kappa shape index (κ1) is 27.5. The summed E-state index contributed by atoms with van der Waals surface area (Å²) < 4.78 is 0. The summed E-state index contributed by atoms with van der Waals surface area (Å²) in [6.45, 7) is 18.9. The average molecular weight is 379 g/mol. The summed E-state index contributed by atoms with van der Waals surface area (Å²) in [4.78, 5) is 2.00. The molecule has 0 aliphatic heterocycles. The third kappa shape index (κ3) is 11.8. The number of nitrogens with one attached hydrogen (secondary N) is 1. The minimum Gasteiger partial charge on any atom is -0.356 e. The van der Waals surface area contributed by atoms with Crippen LogP contribution in [0.15, 0.2) is 68.3 Å². The predicted molar refractivity (Wildman–Crippen MR) is 130 cm³/mol. The van der Waals surface area contributed by atoms with Gasteiger partial charge in [0.15, 0.2) is 0 Å². The first-order chi connectivity index (χ1) is 13.1. The smallest absolute Gasteiger partial charge is 0.0386 e. The van der Waals surface area contributed by atoms with Gasteiger partial charge in [0.05, 0.1) is 0 Å². The minimum absolute atomic E-state index is 0.184. The largest absolute Gasteiger partial charge is 0.356 e. The van der Waals surface area contributed by atoms with Crippen LogP contribution in [0.25, 0.3) is 5.70 Å². The summed E-state index contributed by atoms with van der Waals surface area (Å²) in [6.07, 6.45) is 8.00. The second-order valence-electron chi connectivity index (χ2n) is 7.64. The summed E-state index contributed by atoms with van der Waals surface area (Å²) in [6, 6.07) is 16.9. The van der Waals surface area contributed by atoms with E-state index in [1.807, 2.05) is 32.1 Å². The van der Waals surface area contributed by atoms with E-state index in [-0.39, 0.29) is 5.41 Å². The van der Waals surface area contributed by atoms with Gasteiger partial charge in [-0.1, -0.05) is 63.7 Å². The number of benzene rings is 2. The van der Waals surface area contributed by atoms with Crippen molar-refractivity contribution in [2.45, 2.75) is 33.1 Å². The first-order valence-corrected chi connectivity index (χ1v) is 9.17. The molecule has 0 amide bonds. The van der Waals surface area contributed by atoms with Crippen LogP contribution in [0.1, 0.15) is 37.5 Å². The molecular formula is C26H38N2. The molecule has 2 heteroatoms. The van der Waals surface area contributed by atoms with Crippen LogP contribution in [0.2, 0.25) is 0 Å². The molecule has 0 aromatic heterocycles. The molecule has 0 aliphatic rings. The van der Waals surface area contributed by atoms with Crippen molar-refractivity contribution in [1.82, 2.24) is 4.90 Å². The van der Waals surface area contributed by atoms with Crippen molar-refractivity contribution in [3.05, 3.63) is 85.0 Å². The van der Waals surface area contributed by atoms with Gasteiger partial charge in [-0.25, -0.2) is 0 Å². The van der Waals surface area contributed by atoms with Gasteiger partial charge in [-0.05, 0) is 62.3 Å². The molecule has 0 saturated heterocycles. The molecule has 0 bridgehead atoms. The summed E-state index contributed by atoms with van der Waals surface area (Å²) in [7, 11) is 6.00. The van der Waals surface area contributed by atoms with Crippen molar-refractivity contribution in [2.75, 3.05) is 26.5 Å². The van der Waals surface area contributed by atoms with Crippen molar-refractivity contribution in [1.29, 1.82) is 0 Å². The molecule has 0 aliphatic carbocycles. The highest BCUT2D eigenvalue weighted by molar-refractivity contribution is 5.75. The van der Waals surface area contributed by atoms with Gasteiger partial charge in [-0.15, -0.1) is 26.0 Å². The molecule has 2 nitrogen and oxygen atoms in total. The maximum Gasteiger partial charge on any atom is 0.0386 e. The van der Waals surface area contributed by atoms with Gasteiger partial charge >= 0.3 is 0 Å². The third-order valence-corrected chi connectivity index (χ3v) is 3.41. The Balaban J connectivity index is 0.